The molecule has 0 atom stereocenters. The third-order valence-electron chi connectivity index (χ3n) is 5.04. The number of hydrogen-bond donors (Lipinski definition) is 3. The Kier molecular flexibility index (Phi) is 8.23. The van der Waals surface area contributed by atoms with Gasteiger partial charge in [-0.3, -0.25) is 9.69 Å². The molecule has 1 fully saturated rings. The first-order chi connectivity index (χ1) is 14.6. The van der Waals surface area contributed by atoms with Crippen molar-refractivity contribution in [1.82, 2.24) is 4.90 Å². The van der Waals surface area contributed by atoms with Crippen LogP contribution in [0.25, 0.3) is 0 Å². The van der Waals surface area contributed by atoms with Crippen LogP contribution in [0.1, 0.15) is 24.5 Å². The summed E-state index contributed by atoms with van der Waals surface area (Å²) in [5.74, 6) is 0.373. The van der Waals surface area contributed by atoms with Crippen molar-refractivity contribution in [2.45, 2.75) is 26.3 Å². The summed E-state index contributed by atoms with van der Waals surface area (Å²) in [5, 5.41) is 6.07. The third-order valence-corrected chi connectivity index (χ3v) is 5.04. The number of carbonyl (C=O) groups is 1. The van der Waals surface area contributed by atoms with Crippen LogP contribution in [0, 0.1) is 0 Å². The molecule has 4 N–H and O–H groups in total. The van der Waals surface area contributed by atoms with E-state index >= 15 is 0 Å². The minimum absolute atomic E-state index is 0.0128. The molecule has 1 aliphatic rings. The van der Waals surface area contributed by atoms with E-state index in [0.717, 1.165) is 56.2 Å². The molecule has 30 heavy (non-hydrogen) atoms. The van der Waals surface area contributed by atoms with Crippen molar-refractivity contribution < 1.29 is 9.53 Å². The first-order valence-electron chi connectivity index (χ1n) is 10.5. The molecule has 1 saturated heterocycles. The molecule has 1 heterocycles. The van der Waals surface area contributed by atoms with Gasteiger partial charge in [-0.25, -0.2) is 4.99 Å². The number of rotatable bonds is 8. The number of amides is 1. The predicted molar refractivity (Wildman–Crippen MR) is 122 cm³/mol. The molecule has 0 unspecified atom stereocenters. The van der Waals surface area contributed by atoms with E-state index in [0.29, 0.717) is 18.9 Å². The fourth-order valence-electron chi connectivity index (χ4n) is 3.24. The van der Waals surface area contributed by atoms with Crippen molar-refractivity contribution in [2.75, 3.05) is 43.5 Å². The van der Waals surface area contributed by atoms with Gasteiger partial charge in [0.15, 0.2) is 5.96 Å². The van der Waals surface area contributed by atoms with Crippen LogP contribution in [-0.4, -0.2) is 49.6 Å². The van der Waals surface area contributed by atoms with Crippen molar-refractivity contribution in [1.29, 1.82) is 0 Å². The highest BCUT2D eigenvalue weighted by Crippen LogP contribution is 2.13. The minimum Gasteiger partial charge on any atom is -0.379 e. The largest absolute Gasteiger partial charge is 0.379 e. The fourth-order valence-corrected chi connectivity index (χ4v) is 3.24. The molecule has 7 heteroatoms. The zero-order valence-electron chi connectivity index (χ0n) is 17.6. The second kappa shape index (κ2) is 11.3. The molecule has 1 aliphatic heterocycles. The summed E-state index contributed by atoms with van der Waals surface area (Å²) in [6, 6.07) is 15.8. The highest BCUT2D eigenvalue weighted by atomic mass is 16.5. The number of benzene rings is 2. The molecule has 3 rings (SSSR count). The Bertz CT molecular complexity index is 845. The van der Waals surface area contributed by atoms with Crippen LogP contribution >= 0.6 is 0 Å². The molecular formula is C23H31N5O2. The van der Waals surface area contributed by atoms with Crippen LogP contribution in [0.3, 0.4) is 0 Å². The van der Waals surface area contributed by atoms with E-state index in [9.17, 15) is 4.79 Å². The molecular weight excluding hydrogens is 378 g/mol. The molecule has 0 aliphatic carbocycles. The smallest absolute Gasteiger partial charge is 0.225 e. The normalized spacial score (nSPS) is 15.0. The van der Waals surface area contributed by atoms with Gasteiger partial charge in [-0.15, -0.1) is 0 Å². The number of guanidine groups is 1. The van der Waals surface area contributed by atoms with Gasteiger partial charge < -0.3 is 21.1 Å². The zero-order chi connectivity index (χ0) is 21.2. The lowest BCUT2D eigenvalue weighted by atomic mass is 10.1. The third kappa shape index (κ3) is 7.17. The monoisotopic (exact) mass is 409 g/mol. The molecule has 0 spiro atoms. The number of ether oxygens (including phenoxy) is 1. The second-order valence-electron chi connectivity index (χ2n) is 7.33. The number of nitrogens with zero attached hydrogens (tertiary/aromatic N) is 2. The standard InChI is InChI=1S/C23H31N5O2/c1-2-18-6-8-20(9-7-18)27-23(24)25-17-19-4-3-5-21(16-19)26-22(29)10-11-28-12-14-30-15-13-28/h3-9,16H,2,10-15,17H2,1H3,(H,26,29)(H3,24,25,27). The van der Waals surface area contributed by atoms with E-state index < -0.39 is 0 Å². The van der Waals surface area contributed by atoms with E-state index in [1.807, 2.05) is 36.4 Å². The Labute approximate surface area is 178 Å². The van der Waals surface area contributed by atoms with E-state index in [-0.39, 0.29) is 5.91 Å². The van der Waals surface area contributed by atoms with Gasteiger partial charge >= 0.3 is 0 Å². The van der Waals surface area contributed by atoms with Crippen LogP contribution in [0.2, 0.25) is 0 Å². The molecule has 0 aromatic heterocycles. The summed E-state index contributed by atoms with van der Waals surface area (Å²) < 4.78 is 5.33. The lowest BCUT2D eigenvalue weighted by Gasteiger charge is -2.26. The van der Waals surface area contributed by atoms with Gasteiger partial charge in [0, 0.05) is 37.4 Å². The molecule has 0 radical (unpaired) electrons. The number of hydrogen-bond acceptors (Lipinski definition) is 4. The molecule has 0 saturated carbocycles. The maximum Gasteiger partial charge on any atom is 0.225 e. The van der Waals surface area contributed by atoms with Gasteiger partial charge in [0.2, 0.25) is 5.91 Å². The molecule has 0 bridgehead atoms. The quantitative estimate of drug-likeness (QED) is 0.461. The van der Waals surface area contributed by atoms with Crippen molar-refractivity contribution in [2.24, 2.45) is 10.7 Å². The SMILES string of the molecule is CCc1ccc(NC(N)=NCc2cccc(NC(=O)CCN3CCOCC3)c2)cc1. The first-order valence-corrected chi connectivity index (χ1v) is 10.5. The maximum atomic E-state index is 12.3. The van der Waals surface area contributed by atoms with Crippen molar-refractivity contribution in [3.05, 3.63) is 59.7 Å². The minimum atomic E-state index is 0.0128. The number of anilines is 2. The summed E-state index contributed by atoms with van der Waals surface area (Å²) in [4.78, 5) is 18.9. The summed E-state index contributed by atoms with van der Waals surface area (Å²) in [6.07, 6.45) is 1.47. The van der Waals surface area contributed by atoms with Gasteiger partial charge in [-0.2, -0.15) is 0 Å². The Hall–Kier alpha value is -2.90. The lowest BCUT2D eigenvalue weighted by Crippen LogP contribution is -2.38. The van der Waals surface area contributed by atoms with Crippen molar-refractivity contribution >= 4 is 23.2 Å². The maximum absolute atomic E-state index is 12.3. The van der Waals surface area contributed by atoms with Crippen LogP contribution in [0.4, 0.5) is 11.4 Å². The summed E-state index contributed by atoms with van der Waals surface area (Å²) in [5.41, 5.74) is 9.95. The van der Waals surface area contributed by atoms with Gasteiger partial charge in [0.25, 0.3) is 0 Å². The van der Waals surface area contributed by atoms with Gasteiger partial charge in [0.05, 0.1) is 19.8 Å². The van der Waals surface area contributed by atoms with Crippen LogP contribution < -0.4 is 16.4 Å². The average molecular weight is 410 g/mol. The molecule has 7 nitrogen and oxygen atoms in total. The molecule has 1 amide bonds. The van der Waals surface area contributed by atoms with Crippen LogP contribution in [0.15, 0.2) is 53.5 Å². The highest BCUT2D eigenvalue weighted by Gasteiger charge is 2.12. The Morgan fingerprint density at radius 3 is 2.57 bits per heavy atom. The van der Waals surface area contributed by atoms with Gasteiger partial charge in [-0.1, -0.05) is 31.2 Å². The summed E-state index contributed by atoms with van der Waals surface area (Å²) in [7, 11) is 0. The number of nitrogens with one attached hydrogen (secondary N) is 2. The summed E-state index contributed by atoms with van der Waals surface area (Å²) >= 11 is 0. The lowest BCUT2D eigenvalue weighted by molar-refractivity contribution is -0.116. The molecule has 2 aromatic carbocycles. The predicted octanol–water partition coefficient (Wildman–Crippen LogP) is 2.84. The molecule has 160 valence electrons. The van der Waals surface area contributed by atoms with Gasteiger partial charge in [0.1, 0.15) is 0 Å². The van der Waals surface area contributed by atoms with E-state index in [1.54, 1.807) is 0 Å². The first kappa shape index (κ1) is 21.8. The van der Waals surface area contributed by atoms with E-state index in [2.05, 4.69) is 39.6 Å². The Balaban J connectivity index is 1.47. The summed E-state index contributed by atoms with van der Waals surface area (Å²) in [6.45, 7) is 6.57. The topological polar surface area (TPSA) is 92.0 Å². The Morgan fingerprint density at radius 2 is 1.83 bits per heavy atom. The van der Waals surface area contributed by atoms with E-state index in [4.69, 9.17) is 10.5 Å². The number of aryl methyl sites for hydroxylation is 1. The second-order valence-corrected chi connectivity index (χ2v) is 7.33. The van der Waals surface area contributed by atoms with E-state index in [1.165, 1.54) is 5.56 Å². The average Bonchev–Trinajstić information content (AvgIpc) is 2.78. The van der Waals surface area contributed by atoms with Crippen molar-refractivity contribution in [3.63, 3.8) is 0 Å². The van der Waals surface area contributed by atoms with Crippen LogP contribution in [-0.2, 0) is 22.5 Å². The van der Waals surface area contributed by atoms with Crippen molar-refractivity contribution in [3.8, 4) is 0 Å². The number of nitrogens with two attached hydrogens (primary N) is 1. The highest BCUT2D eigenvalue weighted by molar-refractivity contribution is 5.92. The number of carbonyl (C=O) groups excluding carboxylic acids is 1. The number of aliphatic imine (C=N–C) groups is 1. The Morgan fingerprint density at radius 1 is 1.07 bits per heavy atom. The number of morpholine rings is 1. The van der Waals surface area contributed by atoms with Crippen LogP contribution in [0.5, 0.6) is 0 Å². The molecule has 2 aromatic rings. The zero-order valence-corrected chi connectivity index (χ0v) is 17.6. The fraction of sp³-hybridized carbons (Fsp3) is 0.391. The van der Waals surface area contributed by atoms with Gasteiger partial charge in [-0.05, 0) is 41.8 Å².